The van der Waals surface area contributed by atoms with Gasteiger partial charge in [-0.15, -0.1) is 0 Å². The highest BCUT2D eigenvalue weighted by molar-refractivity contribution is 5.96. The number of ether oxygens (including phenoxy) is 3. The van der Waals surface area contributed by atoms with Gasteiger partial charge in [-0.2, -0.15) is 0 Å². The monoisotopic (exact) mass is 381 g/mol. The third-order valence-corrected chi connectivity index (χ3v) is 5.31. The van der Waals surface area contributed by atoms with E-state index in [0.29, 0.717) is 19.6 Å². The highest BCUT2D eigenvalue weighted by atomic mass is 16.8. The van der Waals surface area contributed by atoms with Crippen LogP contribution in [0.15, 0.2) is 54.6 Å². The van der Waals surface area contributed by atoms with Gasteiger partial charge in [-0.25, -0.2) is 0 Å². The van der Waals surface area contributed by atoms with Crippen LogP contribution in [0.4, 0.5) is 5.69 Å². The van der Waals surface area contributed by atoms with Crippen LogP contribution in [0.2, 0.25) is 0 Å². The number of amides is 1. The number of benzene rings is 2. The first-order valence-electron chi connectivity index (χ1n) is 9.83. The predicted molar refractivity (Wildman–Crippen MR) is 107 cm³/mol. The van der Waals surface area contributed by atoms with Crippen molar-refractivity contribution in [2.75, 3.05) is 11.5 Å². The molecule has 2 aliphatic heterocycles. The van der Waals surface area contributed by atoms with Crippen LogP contribution in [0, 0.1) is 5.92 Å². The molecule has 0 aromatic heterocycles. The Morgan fingerprint density at radius 1 is 1.14 bits per heavy atom. The van der Waals surface area contributed by atoms with E-state index in [0.717, 1.165) is 16.8 Å². The summed E-state index contributed by atoms with van der Waals surface area (Å²) < 4.78 is 17.9. The number of carbonyl (C=O) groups is 1. The van der Waals surface area contributed by atoms with Gasteiger partial charge in [-0.3, -0.25) is 9.69 Å². The molecule has 5 nitrogen and oxygen atoms in total. The van der Waals surface area contributed by atoms with Gasteiger partial charge in [0.2, 0.25) is 5.91 Å². The molecule has 0 saturated carbocycles. The maximum atomic E-state index is 13.5. The van der Waals surface area contributed by atoms with Crippen LogP contribution >= 0.6 is 0 Å². The van der Waals surface area contributed by atoms with Crippen molar-refractivity contribution in [1.82, 2.24) is 0 Å². The predicted octanol–water partition coefficient (Wildman–Crippen LogP) is 3.91. The van der Waals surface area contributed by atoms with Gasteiger partial charge in [0.1, 0.15) is 6.10 Å². The standard InChI is InChI=1S/C23H27NO4/c1-16(13-17-9-5-4-6-10-17)21(25)24-19-12-8-7-11-18(19)14-26-22(24)20-15-27-23(2,3)28-20/h4-12,16,20,22H,13-15H2,1-3H3/t16-,20+,22+/m0/s1. The number of para-hydroxylation sites is 1. The van der Waals surface area contributed by atoms with E-state index >= 15 is 0 Å². The molecule has 148 valence electrons. The first kappa shape index (κ1) is 19.1. The second kappa shape index (κ2) is 7.66. The van der Waals surface area contributed by atoms with Crippen molar-refractivity contribution in [2.45, 2.75) is 51.9 Å². The van der Waals surface area contributed by atoms with Crippen LogP contribution in [-0.2, 0) is 32.0 Å². The Morgan fingerprint density at radius 3 is 2.57 bits per heavy atom. The largest absolute Gasteiger partial charge is 0.350 e. The molecule has 1 amide bonds. The zero-order valence-electron chi connectivity index (χ0n) is 16.6. The number of hydrogen-bond donors (Lipinski definition) is 0. The van der Waals surface area contributed by atoms with Crippen LogP contribution in [0.25, 0.3) is 0 Å². The third-order valence-electron chi connectivity index (χ3n) is 5.31. The van der Waals surface area contributed by atoms with Crippen molar-refractivity contribution in [3.8, 4) is 0 Å². The molecule has 28 heavy (non-hydrogen) atoms. The van der Waals surface area contributed by atoms with Gasteiger partial charge in [-0.05, 0) is 31.9 Å². The molecule has 1 fully saturated rings. The molecular weight excluding hydrogens is 354 g/mol. The fraction of sp³-hybridized carbons (Fsp3) is 0.435. The molecule has 2 aliphatic rings. The minimum absolute atomic E-state index is 0.0364. The summed E-state index contributed by atoms with van der Waals surface area (Å²) in [5.74, 6) is -0.820. The second-order valence-corrected chi connectivity index (χ2v) is 8.00. The maximum absolute atomic E-state index is 13.5. The molecule has 0 radical (unpaired) electrons. The zero-order chi connectivity index (χ0) is 19.7. The van der Waals surface area contributed by atoms with E-state index in [1.54, 1.807) is 4.90 Å². The molecule has 2 heterocycles. The van der Waals surface area contributed by atoms with E-state index in [2.05, 4.69) is 12.1 Å². The molecule has 2 aromatic rings. The van der Waals surface area contributed by atoms with Crippen molar-refractivity contribution < 1.29 is 19.0 Å². The minimum Gasteiger partial charge on any atom is -0.350 e. The minimum atomic E-state index is -0.671. The number of anilines is 1. The maximum Gasteiger partial charge on any atom is 0.232 e. The summed E-state index contributed by atoms with van der Waals surface area (Å²) in [6.07, 6.45) is -0.142. The van der Waals surface area contributed by atoms with Crippen molar-refractivity contribution >= 4 is 11.6 Å². The van der Waals surface area contributed by atoms with E-state index in [-0.39, 0.29) is 17.9 Å². The summed E-state index contributed by atoms with van der Waals surface area (Å²) in [7, 11) is 0. The van der Waals surface area contributed by atoms with Gasteiger partial charge >= 0.3 is 0 Å². The Kier molecular flexibility index (Phi) is 5.23. The van der Waals surface area contributed by atoms with Crippen molar-refractivity contribution in [2.24, 2.45) is 5.92 Å². The normalized spacial score (nSPS) is 24.6. The van der Waals surface area contributed by atoms with Crippen LogP contribution in [0.1, 0.15) is 31.9 Å². The zero-order valence-corrected chi connectivity index (χ0v) is 16.6. The van der Waals surface area contributed by atoms with Crippen LogP contribution in [-0.4, -0.2) is 30.6 Å². The van der Waals surface area contributed by atoms with Gasteiger partial charge in [0.05, 0.1) is 18.9 Å². The fourth-order valence-corrected chi connectivity index (χ4v) is 3.92. The van der Waals surface area contributed by atoms with Gasteiger partial charge < -0.3 is 14.2 Å². The molecule has 0 unspecified atom stereocenters. The average Bonchev–Trinajstić information content (AvgIpc) is 3.07. The Labute approximate surface area is 166 Å². The van der Waals surface area contributed by atoms with Crippen molar-refractivity contribution in [3.63, 3.8) is 0 Å². The molecule has 0 spiro atoms. The number of hydrogen-bond acceptors (Lipinski definition) is 4. The molecule has 5 heteroatoms. The molecule has 3 atom stereocenters. The Bertz CT molecular complexity index is 836. The first-order chi connectivity index (χ1) is 13.4. The van der Waals surface area contributed by atoms with Crippen molar-refractivity contribution in [3.05, 3.63) is 65.7 Å². The molecule has 0 bridgehead atoms. The highest BCUT2D eigenvalue weighted by Crippen LogP contribution is 2.36. The van der Waals surface area contributed by atoms with E-state index in [4.69, 9.17) is 14.2 Å². The molecule has 2 aromatic carbocycles. The smallest absolute Gasteiger partial charge is 0.232 e. The number of rotatable bonds is 4. The summed E-state index contributed by atoms with van der Waals surface area (Å²) in [5.41, 5.74) is 3.06. The lowest BCUT2D eigenvalue weighted by atomic mass is 9.98. The Morgan fingerprint density at radius 2 is 1.86 bits per heavy atom. The summed E-state index contributed by atoms with van der Waals surface area (Å²) in [6, 6.07) is 18.0. The van der Waals surface area contributed by atoms with Crippen LogP contribution < -0.4 is 4.90 Å². The van der Waals surface area contributed by atoms with Gasteiger partial charge in [-0.1, -0.05) is 55.5 Å². The third kappa shape index (κ3) is 3.83. The number of nitrogens with zero attached hydrogens (tertiary/aromatic N) is 1. The fourth-order valence-electron chi connectivity index (χ4n) is 3.92. The topological polar surface area (TPSA) is 48.0 Å². The average molecular weight is 381 g/mol. The molecule has 1 saturated heterocycles. The molecular formula is C23H27NO4. The molecule has 4 rings (SSSR count). The number of fused-ring (bicyclic) bond motifs is 1. The van der Waals surface area contributed by atoms with E-state index < -0.39 is 12.0 Å². The first-order valence-corrected chi connectivity index (χ1v) is 9.83. The lowest BCUT2D eigenvalue weighted by Crippen LogP contribution is -2.54. The molecule has 0 N–H and O–H groups in total. The second-order valence-electron chi connectivity index (χ2n) is 8.00. The Balaban J connectivity index is 1.62. The van der Waals surface area contributed by atoms with Gasteiger partial charge in [0.15, 0.2) is 12.0 Å². The summed E-state index contributed by atoms with van der Waals surface area (Å²) in [6.45, 7) is 6.59. The van der Waals surface area contributed by atoms with Crippen LogP contribution in [0.3, 0.4) is 0 Å². The van der Waals surface area contributed by atoms with E-state index in [1.165, 1.54) is 0 Å². The van der Waals surface area contributed by atoms with E-state index in [9.17, 15) is 4.79 Å². The Hall–Kier alpha value is -2.21. The lowest BCUT2D eigenvalue weighted by molar-refractivity contribution is -0.162. The summed E-state index contributed by atoms with van der Waals surface area (Å²) >= 11 is 0. The summed E-state index contributed by atoms with van der Waals surface area (Å²) in [4.78, 5) is 15.3. The highest BCUT2D eigenvalue weighted by Gasteiger charge is 2.45. The quantitative estimate of drug-likeness (QED) is 0.806. The van der Waals surface area contributed by atoms with E-state index in [1.807, 2.05) is 63.2 Å². The molecule has 0 aliphatic carbocycles. The van der Waals surface area contributed by atoms with Crippen molar-refractivity contribution in [1.29, 1.82) is 0 Å². The van der Waals surface area contributed by atoms with Gasteiger partial charge in [0, 0.05) is 11.5 Å². The van der Waals surface area contributed by atoms with Gasteiger partial charge in [0.25, 0.3) is 0 Å². The van der Waals surface area contributed by atoms with Crippen LogP contribution in [0.5, 0.6) is 0 Å². The number of carbonyl (C=O) groups excluding carboxylic acids is 1. The summed E-state index contributed by atoms with van der Waals surface area (Å²) in [5, 5.41) is 0. The SMILES string of the molecule is C[C@@H](Cc1ccccc1)C(=O)N1c2ccccc2CO[C@@H]1[C@H]1COC(C)(C)O1. The lowest BCUT2D eigenvalue weighted by Gasteiger charge is -2.40.